The van der Waals surface area contributed by atoms with Crippen molar-refractivity contribution in [2.24, 2.45) is 5.16 Å². The van der Waals surface area contributed by atoms with Gasteiger partial charge in [0.2, 0.25) is 0 Å². The lowest BCUT2D eigenvalue weighted by molar-refractivity contribution is -0.137. The minimum atomic E-state index is -4.37. The Hall–Kier alpha value is -1.35. The zero-order valence-electron chi connectivity index (χ0n) is 16.1. The van der Waals surface area contributed by atoms with Gasteiger partial charge in [-0.25, -0.2) is 0 Å². The van der Waals surface area contributed by atoms with Crippen LogP contribution in [0.2, 0.25) is 0 Å². The predicted octanol–water partition coefficient (Wildman–Crippen LogP) is 3.78. The van der Waals surface area contributed by atoms with Crippen molar-refractivity contribution in [3.05, 3.63) is 35.4 Å². The molecular weight excluding hydrogens is 397 g/mol. The summed E-state index contributed by atoms with van der Waals surface area (Å²) in [5.41, 5.74) is 0.492. The van der Waals surface area contributed by atoms with E-state index in [1.54, 1.807) is 7.11 Å². The summed E-state index contributed by atoms with van der Waals surface area (Å²) >= 11 is 5.72. The Kier molecular flexibility index (Phi) is 12.1. The first-order valence-electron chi connectivity index (χ1n) is 9.17. The lowest BCUT2D eigenvalue weighted by Gasteiger charge is -2.19. The van der Waals surface area contributed by atoms with E-state index >= 15 is 0 Å². The first-order chi connectivity index (χ1) is 13.4. The van der Waals surface area contributed by atoms with Crippen molar-refractivity contribution in [1.82, 2.24) is 4.90 Å². The third kappa shape index (κ3) is 9.73. The summed E-state index contributed by atoms with van der Waals surface area (Å²) in [4.78, 5) is 7.34. The van der Waals surface area contributed by atoms with Crippen LogP contribution in [-0.2, 0) is 15.8 Å². The fourth-order valence-electron chi connectivity index (χ4n) is 2.52. The Morgan fingerprint density at radius 1 is 1.11 bits per heavy atom. The van der Waals surface area contributed by atoms with E-state index in [0.29, 0.717) is 56.4 Å². The van der Waals surface area contributed by atoms with E-state index in [1.165, 1.54) is 12.1 Å². The topological polar surface area (TPSA) is 54.3 Å². The van der Waals surface area contributed by atoms with Gasteiger partial charge in [-0.05, 0) is 37.0 Å². The summed E-state index contributed by atoms with van der Waals surface area (Å²) in [5, 5.41) is 13.2. The smallest absolute Gasteiger partial charge is 0.395 e. The number of methoxy groups -OCH3 is 1. The van der Waals surface area contributed by atoms with Gasteiger partial charge in [0.1, 0.15) is 6.61 Å². The Balaban J connectivity index is 2.73. The Morgan fingerprint density at radius 3 is 2.39 bits per heavy atom. The fourth-order valence-corrected chi connectivity index (χ4v) is 2.76. The van der Waals surface area contributed by atoms with Crippen molar-refractivity contribution in [3.63, 3.8) is 0 Å². The van der Waals surface area contributed by atoms with Crippen LogP contribution in [0.4, 0.5) is 13.2 Å². The number of alkyl halides is 4. The monoisotopic (exact) mass is 424 g/mol. The van der Waals surface area contributed by atoms with Gasteiger partial charge in [0.15, 0.2) is 0 Å². The number of aliphatic hydroxyl groups excluding tert-OH is 1. The van der Waals surface area contributed by atoms with E-state index in [2.05, 4.69) is 5.16 Å². The molecule has 0 bridgehead atoms. The molecule has 0 atom stereocenters. The molecule has 0 spiro atoms. The fraction of sp³-hybridized carbons (Fsp3) is 0.632. The van der Waals surface area contributed by atoms with Gasteiger partial charge in [0.25, 0.3) is 0 Å². The van der Waals surface area contributed by atoms with Crippen molar-refractivity contribution in [3.8, 4) is 0 Å². The molecule has 0 aliphatic heterocycles. The highest BCUT2D eigenvalue weighted by Gasteiger charge is 2.30. The molecule has 160 valence electrons. The van der Waals surface area contributed by atoms with Crippen LogP contribution in [0.1, 0.15) is 30.4 Å². The molecule has 0 aliphatic rings. The summed E-state index contributed by atoms with van der Waals surface area (Å²) in [6.45, 7) is 2.58. The Morgan fingerprint density at radius 2 is 1.82 bits per heavy atom. The predicted molar refractivity (Wildman–Crippen MR) is 104 cm³/mol. The highest BCUT2D eigenvalue weighted by atomic mass is 35.5. The molecule has 28 heavy (non-hydrogen) atoms. The van der Waals surface area contributed by atoms with E-state index in [1.807, 2.05) is 4.90 Å². The van der Waals surface area contributed by atoms with Crippen LogP contribution in [0.5, 0.6) is 0 Å². The number of oxime groups is 1. The van der Waals surface area contributed by atoms with E-state index < -0.39 is 11.7 Å². The summed E-state index contributed by atoms with van der Waals surface area (Å²) in [7, 11) is 1.62. The highest BCUT2D eigenvalue weighted by Crippen LogP contribution is 2.29. The van der Waals surface area contributed by atoms with Crippen LogP contribution >= 0.6 is 11.6 Å². The summed E-state index contributed by atoms with van der Waals surface area (Å²) in [6.07, 6.45) is -2.21. The van der Waals surface area contributed by atoms with Gasteiger partial charge in [0.05, 0.1) is 17.9 Å². The lowest BCUT2D eigenvalue weighted by Crippen LogP contribution is -2.31. The van der Waals surface area contributed by atoms with E-state index in [4.69, 9.17) is 26.3 Å². The normalized spacial score (nSPS) is 12.6. The number of nitrogens with zero attached hydrogens (tertiary/aromatic N) is 2. The average Bonchev–Trinajstić information content (AvgIpc) is 2.66. The second-order valence-corrected chi connectivity index (χ2v) is 6.53. The van der Waals surface area contributed by atoms with E-state index in [0.717, 1.165) is 25.0 Å². The molecule has 9 heteroatoms. The van der Waals surface area contributed by atoms with Gasteiger partial charge in [-0.2, -0.15) is 13.2 Å². The van der Waals surface area contributed by atoms with Crippen LogP contribution in [0.15, 0.2) is 29.4 Å². The average molecular weight is 425 g/mol. The van der Waals surface area contributed by atoms with Crippen molar-refractivity contribution < 1.29 is 27.9 Å². The van der Waals surface area contributed by atoms with E-state index in [9.17, 15) is 13.2 Å². The quantitative estimate of drug-likeness (QED) is 0.214. The molecule has 0 heterocycles. The van der Waals surface area contributed by atoms with Gasteiger partial charge in [-0.3, -0.25) is 4.90 Å². The third-order valence-electron chi connectivity index (χ3n) is 4.05. The molecule has 0 fully saturated rings. The van der Waals surface area contributed by atoms with Gasteiger partial charge in [-0.1, -0.05) is 17.3 Å². The molecule has 1 N–H and O–H groups in total. The number of halogens is 4. The van der Waals surface area contributed by atoms with E-state index in [-0.39, 0.29) is 6.61 Å². The van der Waals surface area contributed by atoms with Gasteiger partial charge < -0.3 is 14.7 Å². The SMILES string of the molecule is COCCCC/C(=N\OCCN(CCO)CCCl)c1ccc(C(F)(F)F)cc1. The molecule has 1 rings (SSSR count). The molecule has 0 aliphatic carbocycles. The number of benzene rings is 1. The number of aliphatic hydroxyl groups is 1. The molecule has 0 amide bonds. The Bertz CT molecular complexity index is 563. The summed E-state index contributed by atoms with van der Waals surface area (Å²) in [5.74, 6) is 0.444. The van der Waals surface area contributed by atoms with Crippen LogP contribution in [0.25, 0.3) is 0 Å². The molecule has 1 aromatic rings. The van der Waals surface area contributed by atoms with Gasteiger partial charge >= 0.3 is 6.18 Å². The molecule has 0 unspecified atom stereocenters. The minimum absolute atomic E-state index is 0.0243. The van der Waals surface area contributed by atoms with Gasteiger partial charge in [0, 0.05) is 39.2 Å². The maximum atomic E-state index is 12.8. The first-order valence-corrected chi connectivity index (χ1v) is 9.70. The second-order valence-electron chi connectivity index (χ2n) is 6.15. The molecule has 0 aromatic heterocycles. The third-order valence-corrected chi connectivity index (χ3v) is 4.22. The van der Waals surface area contributed by atoms with Crippen LogP contribution in [-0.4, -0.2) is 68.2 Å². The zero-order chi connectivity index (χ0) is 20.8. The standard InChI is InChI=1S/C19H28ClF3N2O3/c1-27-14-3-2-4-18(16-5-7-17(8-6-16)19(21,22)23)24-28-15-12-25(10-9-20)11-13-26/h5-8,26H,2-4,9-15H2,1H3/b24-18+. The number of ether oxygens (including phenoxy) is 1. The van der Waals surface area contributed by atoms with Crippen LogP contribution in [0.3, 0.4) is 0 Å². The Labute approximate surface area is 169 Å². The lowest BCUT2D eigenvalue weighted by atomic mass is 10.0. The second kappa shape index (κ2) is 13.8. The molecule has 1 aromatic carbocycles. The maximum Gasteiger partial charge on any atom is 0.416 e. The number of hydrogen-bond donors (Lipinski definition) is 1. The minimum Gasteiger partial charge on any atom is -0.395 e. The number of unbranched alkanes of at least 4 members (excludes halogenated alkanes) is 1. The summed E-state index contributed by atoms with van der Waals surface area (Å²) in [6, 6.07) is 4.91. The zero-order valence-corrected chi connectivity index (χ0v) is 16.8. The molecule has 0 radical (unpaired) electrons. The van der Waals surface area contributed by atoms with Crippen molar-refractivity contribution >= 4 is 17.3 Å². The largest absolute Gasteiger partial charge is 0.416 e. The molecule has 5 nitrogen and oxygen atoms in total. The number of hydrogen-bond acceptors (Lipinski definition) is 5. The van der Waals surface area contributed by atoms with Crippen molar-refractivity contribution in [2.45, 2.75) is 25.4 Å². The van der Waals surface area contributed by atoms with Crippen LogP contribution < -0.4 is 0 Å². The van der Waals surface area contributed by atoms with Crippen molar-refractivity contribution in [2.75, 3.05) is 52.4 Å². The van der Waals surface area contributed by atoms with Gasteiger partial charge in [-0.15, -0.1) is 11.6 Å². The van der Waals surface area contributed by atoms with Crippen LogP contribution in [0, 0.1) is 0 Å². The first kappa shape index (κ1) is 24.7. The molecular formula is C19H28ClF3N2O3. The summed E-state index contributed by atoms with van der Waals surface area (Å²) < 4.78 is 43.3. The molecule has 0 saturated heterocycles. The highest BCUT2D eigenvalue weighted by molar-refractivity contribution is 6.18. The van der Waals surface area contributed by atoms with Crippen molar-refractivity contribution in [1.29, 1.82) is 0 Å². The maximum absolute atomic E-state index is 12.8. The number of rotatable bonds is 14. The molecule has 0 saturated carbocycles.